The fraction of sp³-hybridized carbons (Fsp3) is 0.455. The highest BCUT2D eigenvalue weighted by Crippen LogP contribution is 2.45. The van der Waals surface area contributed by atoms with Crippen LogP contribution in [-0.2, 0) is 6.42 Å². The van der Waals surface area contributed by atoms with Crippen LogP contribution in [0.3, 0.4) is 0 Å². The van der Waals surface area contributed by atoms with Gasteiger partial charge in [-0.1, -0.05) is 30.3 Å². The molecule has 0 amide bonds. The van der Waals surface area contributed by atoms with E-state index in [2.05, 4.69) is 22.0 Å². The number of hydrogen-bond donors (Lipinski definition) is 1. The molecule has 5 nitrogen and oxygen atoms in total. The third-order valence-electron chi connectivity index (χ3n) is 5.95. The topological polar surface area (TPSA) is 62.7 Å². The van der Waals surface area contributed by atoms with Crippen LogP contribution in [0.25, 0.3) is 0 Å². The van der Waals surface area contributed by atoms with E-state index in [-0.39, 0.29) is 5.78 Å². The quantitative estimate of drug-likeness (QED) is 0.796. The Labute approximate surface area is 160 Å². The Morgan fingerprint density at radius 2 is 1.89 bits per heavy atom. The summed E-state index contributed by atoms with van der Waals surface area (Å²) < 4.78 is 5.04. The van der Waals surface area contributed by atoms with Gasteiger partial charge < -0.3 is 9.84 Å². The third kappa shape index (κ3) is 4.04. The molecule has 1 saturated carbocycles. The van der Waals surface area contributed by atoms with Gasteiger partial charge in [0.15, 0.2) is 5.78 Å². The highest BCUT2D eigenvalue weighted by Gasteiger charge is 2.48. The van der Waals surface area contributed by atoms with E-state index < -0.39 is 5.60 Å². The second-order valence-corrected chi connectivity index (χ2v) is 8.02. The maximum atomic E-state index is 12.5. The maximum absolute atomic E-state index is 12.5. The lowest BCUT2D eigenvalue weighted by atomic mass is 9.91. The van der Waals surface area contributed by atoms with Gasteiger partial charge in [0, 0.05) is 37.3 Å². The molecule has 2 aliphatic rings. The van der Waals surface area contributed by atoms with Gasteiger partial charge in [0.25, 0.3) is 0 Å². The zero-order valence-corrected chi connectivity index (χ0v) is 15.7. The molecule has 1 aliphatic carbocycles. The van der Waals surface area contributed by atoms with E-state index in [0.717, 1.165) is 32.4 Å². The molecule has 1 saturated heterocycles. The Bertz CT molecular complexity index is 777. The van der Waals surface area contributed by atoms with Gasteiger partial charge in [-0.2, -0.15) is 0 Å². The number of likely N-dealkylation sites (tertiary alicyclic amines) is 1. The third-order valence-corrected chi connectivity index (χ3v) is 5.95. The van der Waals surface area contributed by atoms with Gasteiger partial charge >= 0.3 is 0 Å². The lowest BCUT2D eigenvalue weighted by Crippen LogP contribution is -2.34. The lowest BCUT2D eigenvalue weighted by molar-refractivity contribution is 0.0355. The zero-order valence-electron chi connectivity index (χ0n) is 15.7. The predicted octanol–water partition coefficient (Wildman–Crippen LogP) is 2.59. The minimum atomic E-state index is -0.604. The van der Waals surface area contributed by atoms with E-state index in [0.29, 0.717) is 29.8 Å². The van der Waals surface area contributed by atoms with E-state index in [1.54, 1.807) is 25.4 Å². The van der Waals surface area contributed by atoms with Crippen molar-refractivity contribution < 1.29 is 14.6 Å². The van der Waals surface area contributed by atoms with Crippen LogP contribution in [-0.4, -0.2) is 53.1 Å². The number of ether oxygens (including phenoxy) is 1. The molecule has 2 fully saturated rings. The van der Waals surface area contributed by atoms with Gasteiger partial charge in [0.2, 0.25) is 5.88 Å². The second-order valence-electron chi connectivity index (χ2n) is 8.02. The van der Waals surface area contributed by atoms with Gasteiger partial charge in [-0.15, -0.1) is 0 Å². The van der Waals surface area contributed by atoms with Gasteiger partial charge in [0.05, 0.1) is 19.3 Å². The summed E-state index contributed by atoms with van der Waals surface area (Å²) in [6, 6.07) is 13.7. The molecular weight excluding hydrogens is 340 g/mol. The van der Waals surface area contributed by atoms with Gasteiger partial charge in [-0.05, 0) is 36.3 Å². The number of aromatic nitrogens is 1. The number of aliphatic hydroxyl groups is 1. The first kappa shape index (κ1) is 18.1. The van der Waals surface area contributed by atoms with Gasteiger partial charge in [0.1, 0.15) is 0 Å². The molecule has 1 aromatic carbocycles. The van der Waals surface area contributed by atoms with Crippen LogP contribution in [0.1, 0.15) is 28.8 Å². The van der Waals surface area contributed by atoms with Crippen molar-refractivity contribution in [2.24, 2.45) is 11.8 Å². The summed E-state index contributed by atoms with van der Waals surface area (Å²) in [5, 5.41) is 11.0. The number of pyridine rings is 1. The van der Waals surface area contributed by atoms with E-state index in [4.69, 9.17) is 4.74 Å². The van der Waals surface area contributed by atoms with Crippen molar-refractivity contribution in [3.8, 4) is 5.88 Å². The molecule has 1 N–H and O–H groups in total. The zero-order chi connectivity index (χ0) is 18.9. The van der Waals surface area contributed by atoms with Crippen LogP contribution in [0.4, 0.5) is 0 Å². The van der Waals surface area contributed by atoms with Crippen molar-refractivity contribution in [3.63, 3.8) is 0 Å². The summed E-state index contributed by atoms with van der Waals surface area (Å²) in [5.41, 5.74) is 1.21. The van der Waals surface area contributed by atoms with E-state index in [9.17, 15) is 9.90 Å². The SMILES string of the molecule is COc1ccc(C(=O)CN2C[C@@H]3C[C@](O)(Cc4ccccc4)C[C@@H]3C2)cn1. The molecule has 2 aromatic rings. The van der Waals surface area contributed by atoms with Crippen molar-refractivity contribution in [3.05, 3.63) is 59.8 Å². The van der Waals surface area contributed by atoms with Crippen LogP contribution in [0.15, 0.2) is 48.7 Å². The van der Waals surface area contributed by atoms with Crippen LogP contribution < -0.4 is 4.74 Å². The number of methoxy groups -OCH3 is 1. The highest BCUT2D eigenvalue weighted by molar-refractivity contribution is 5.97. The number of rotatable bonds is 6. The lowest BCUT2D eigenvalue weighted by Gasteiger charge is -2.26. The van der Waals surface area contributed by atoms with Crippen molar-refractivity contribution in [2.75, 3.05) is 26.7 Å². The number of ketones is 1. The van der Waals surface area contributed by atoms with Crippen molar-refractivity contribution in [2.45, 2.75) is 24.9 Å². The minimum absolute atomic E-state index is 0.0877. The van der Waals surface area contributed by atoms with Crippen LogP contribution >= 0.6 is 0 Å². The molecule has 0 radical (unpaired) electrons. The molecule has 4 rings (SSSR count). The number of hydrogen-bond acceptors (Lipinski definition) is 5. The maximum Gasteiger partial charge on any atom is 0.212 e. The largest absolute Gasteiger partial charge is 0.481 e. The average Bonchev–Trinajstić information content (AvgIpc) is 3.16. The molecule has 27 heavy (non-hydrogen) atoms. The first-order valence-electron chi connectivity index (χ1n) is 9.56. The number of nitrogens with zero attached hydrogens (tertiary/aromatic N) is 2. The number of benzene rings is 1. The molecule has 3 atom stereocenters. The minimum Gasteiger partial charge on any atom is -0.481 e. The normalized spacial score (nSPS) is 27.5. The van der Waals surface area contributed by atoms with E-state index in [1.807, 2.05) is 18.2 Å². The molecule has 0 unspecified atom stereocenters. The van der Waals surface area contributed by atoms with Crippen molar-refractivity contribution in [1.29, 1.82) is 0 Å². The first-order chi connectivity index (χ1) is 13.0. The fourth-order valence-electron chi connectivity index (χ4n) is 4.77. The summed E-state index contributed by atoms with van der Waals surface area (Å²) in [5.74, 6) is 1.55. The van der Waals surface area contributed by atoms with E-state index in [1.165, 1.54) is 5.56 Å². The molecule has 1 aliphatic heterocycles. The van der Waals surface area contributed by atoms with Crippen molar-refractivity contribution >= 4 is 5.78 Å². The fourth-order valence-corrected chi connectivity index (χ4v) is 4.77. The Balaban J connectivity index is 1.32. The molecule has 0 spiro atoms. The summed E-state index contributed by atoms with van der Waals surface area (Å²) in [4.78, 5) is 18.9. The van der Waals surface area contributed by atoms with E-state index >= 15 is 0 Å². The van der Waals surface area contributed by atoms with Crippen molar-refractivity contribution in [1.82, 2.24) is 9.88 Å². The predicted molar refractivity (Wildman–Crippen MR) is 103 cm³/mol. The van der Waals surface area contributed by atoms with Crippen LogP contribution in [0.2, 0.25) is 0 Å². The number of Topliss-reactive ketones (excluding diaryl/α,β-unsaturated/α-hetero) is 1. The Hall–Kier alpha value is -2.24. The second kappa shape index (κ2) is 7.41. The number of carbonyl (C=O) groups excluding carboxylic acids is 1. The van der Waals surface area contributed by atoms with Crippen LogP contribution in [0.5, 0.6) is 5.88 Å². The molecule has 142 valence electrons. The molecule has 2 heterocycles. The summed E-state index contributed by atoms with van der Waals surface area (Å²) >= 11 is 0. The molecule has 0 bridgehead atoms. The Morgan fingerprint density at radius 1 is 1.19 bits per heavy atom. The Kier molecular flexibility index (Phi) is 4.98. The first-order valence-corrected chi connectivity index (χ1v) is 9.56. The summed E-state index contributed by atoms with van der Waals surface area (Å²) in [6.45, 7) is 2.19. The summed E-state index contributed by atoms with van der Waals surface area (Å²) in [7, 11) is 1.56. The smallest absolute Gasteiger partial charge is 0.212 e. The number of fused-ring (bicyclic) bond motifs is 1. The monoisotopic (exact) mass is 366 g/mol. The molecule has 1 aromatic heterocycles. The highest BCUT2D eigenvalue weighted by atomic mass is 16.5. The number of carbonyl (C=O) groups is 1. The molecule has 5 heteroatoms. The average molecular weight is 366 g/mol. The molecular formula is C22H26N2O3. The van der Waals surface area contributed by atoms with Gasteiger partial charge in [-0.25, -0.2) is 4.98 Å². The summed E-state index contributed by atoms with van der Waals surface area (Å²) in [6.07, 6.45) is 3.94. The van der Waals surface area contributed by atoms with Gasteiger partial charge in [-0.3, -0.25) is 9.69 Å². The van der Waals surface area contributed by atoms with Crippen LogP contribution in [0, 0.1) is 11.8 Å². The standard InChI is InChI=1S/C22H26N2O3/c1-27-21-8-7-17(12-23-21)20(25)15-24-13-18-10-22(26,11-19(18)14-24)9-16-5-3-2-4-6-16/h2-8,12,18-19,26H,9-11,13-15H2,1H3/t18-,19+,22+. The Morgan fingerprint density at radius 3 is 2.48 bits per heavy atom.